The Balaban J connectivity index is 1.48. The van der Waals surface area contributed by atoms with Gasteiger partial charge < -0.3 is 15.4 Å². The third-order valence-electron chi connectivity index (χ3n) is 3.78. The molecule has 2 amide bonds. The molecule has 1 unspecified atom stereocenters. The van der Waals surface area contributed by atoms with E-state index in [9.17, 15) is 4.79 Å². The fraction of sp³-hybridized carbons (Fsp3) is 0.333. The zero-order valence-corrected chi connectivity index (χ0v) is 14.2. The Morgan fingerprint density at radius 1 is 1.29 bits per heavy atom. The largest absolute Gasteiger partial charge is 0.381 e. The average Bonchev–Trinajstić information content (AvgIpc) is 3.13. The Kier molecular flexibility index (Phi) is 6.09. The fourth-order valence-corrected chi connectivity index (χ4v) is 3.29. The predicted molar refractivity (Wildman–Crippen MR) is 96.2 cm³/mol. The van der Waals surface area contributed by atoms with Crippen molar-refractivity contribution in [3.8, 4) is 0 Å². The molecule has 1 aromatic carbocycles. The number of anilines is 1. The fourth-order valence-electron chi connectivity index (χ4n) is 2.49. The van der Waals surface area contributed by atoms with Crippen LogP contribution in [0.15, 0.2) is 53.7 Å². The zero-order chi connectivity index (χ0) is 16.6. The Bertz CT molecular complexity index is 660. The van der Waals surface area contributed by atoms with Crippen molar-refractivity contribution >= 4 is 23.5 Å². The first-order valence-corrected chi connectivity index (χ1v) is 9.03. The molecule has 2 heterocycles. The number of nitrogens with one attached hydrogen (secondary N) is 2. The Morgan fingerprint density at radius 2 is 2.25 bits per heavy atom. The van der Waals surface area contributed by atoms with E-state index in [0.29, 0.717) is 12.5 Å². The van der Waals surface area contributed by atoms with Crippen molar-refractivity contribution < 1.29 is 9.53 Å². The predicted octanol–water partition coefficient (Wildman–Crippen LogP) is 3.53. The lowest BCUT2D eigenvalue weighted by molar-refractivity contribution is 0.185. The van der Waals surface area contributed by atoms with Crippen LogP contribution in [0.2, 0.25) is 0 Å². The van der Waals surface area contributed by atoms with Gasteiger partial charge >= 0.3 is 6.03 Å². The maximum atomic E-state index is 12.0. The van der Waals surface area contributed by atoms with Gasteiger partial charge in [-0.05, 0) is 36.2 Å². The number of rotatable bonds is 6. The number of urea groups is 1. The average molecular weight is 343 g/mol. The van der Waals surface area contributed by atoms with E-state index in [-0.39, 0.29) is 6.03 Å². The summed E-state index contributed by atoms with van der Waals surface area (Å²) in [5.74, 6) is 1.24. The van der Waals surface area contributed by atoms with Gasteiger partial charge in [0.25, 0.3) is 0 Å². The maximum absolute atomic E-state index is 12.0. The van der Waals surface area contributed by atoms with Gasteiger partial charge in [-0.1, -0.05) is 18.2 Å². The molecule has 3 rings (SSSR count). The summed E-state index contributed by atoms with van der Waals surface area (Å²) in [4.78, 5) is 16.3. The highest BCUT2D eigenvalue weighted by Crippen LogP contribution is 2.22. The molecule has 2 aromatic rings. The molecule has 0 radical (unpaired) electrons. The molecular formula is C18H21N3O2S. The highest BCUT2D eigenvalue weighted by molar-refractivity contribution is 7.98. The number of carbonyl (C=O) groups is 1. The second-order valence-corrected chi connectivity index (χ2v) is 6.72. The molecule has 6 heteroatoms. The number of benzene rings is 1. The van der Waals surface area contributed by atoms with Crippen molar-refractivity contribution in [3.05, 3.63) is 54.2 Å². The molecule has 1 aliphatic rings. The third-order valence-corrected chi connectivity index (χ3v) is 4.80. The molecule has 0 aliphatic carbocycles. The van der Waals surface area contributed by atoms with Gasteiger partial charge in [0, 0.05) is 36.7 Å². The summed E-state index contributed by atoms with van der Waals surface area (Å²) in [7, 11) is 0. The highest BCUT2D eigenvalue weighted by atomic mass is 32.2. The van der Waals surface area contributed by atoms with E-state index in [1.807, 2.05) is 36.4 Å². The van der Waals surface area contributed by atoms with E-state index in [0.717, 1.165) is 41.7 Å². The zero-order valence-electron chi connectivity index (χ0n) is 13.4. The summed E-state index contributed by atoms with van der Waals surface area (Å²) in [6.07, 6.45) is 2.81. The number of hydrogen-bond acceptors (Lipinski definition) is 4. The smallest absolute Gasteiger partial charge is 0.319 e. The van der Waals surface area contributed by atoms with Crippen LogP contribution in [0.3, 0.4) is 0 Å². The van der Waals surface area contributed by atoms with E-state index in [2.05, 4.69) is 21.7 Å². The highest BCUT2D eigenvalue weighted by Gasteiger charge is 2.16. The van der Waals surface area contributed by atoms with Crippen LogP contribution < -0.4 is 10.6 Å². The van der Waals surface area contributed by atoms with Crippen molar-refractivity contribution in [3.63, 3.8) is 0 Å². The van der Waals surface area contributed by atoms with Crippen molar-refractivity contribution in [1.29, 1.82) is 0 Å². The van der Waals surface area contributed by atoms with Gasteiger partial charge in [0.2, 0.25) is 0 Å². The number of amides is 2. The molecule has 0 spiro atoms. The van der Waals surface area contributed by atoms with Crippen molar-refractivity contribution in [2.24, 2.45) is 5.92 Å². The molecule has 2 N–H and O–H groups in total. The van der Waals surface area contributed by atoms with E-state index in [1.165, 1.54) is 0 Å². The summed E-state index contributed by atoms with van der Waals surface area (Å²) in [5, 5.41) is 6.79. The normalized spacial score (nSPS) is 16.8. The molecule has 126 valence electrons. The van der Waals surface area contributed by atoms with Crippen molar-refractivity contribution in [1.82, 2.24) is 10.3 Å². The van der Waals surface area contributed by atoms with Gasteiger partial charge in [0.05, 0.1) is 11.6 Å². The molecule has 1 aromatic heterocycles. The Morgan fingerprint density at radius 3 is 3.04 bits per heavy atom. The second kappa shape index (κ2) is 8.70. The number of thioether (sulfide) groups is 1. The lowest BCUT2D eigenvalue weighted by Crippen LogP contribution is -2.33. The molecular weight excluding hydrogens is 322 g/mol. The number of hydrogen-bond donors (Lipinski definition) is 2. The van der Waals surface area contributed by atoms with Crippen LogP contribution in [-0.4, -0.2) is 30.8 Å². The number of nitrogens with zero attached hydrogens (tertiary/aromatic N) is 1. The van der Waals surface area contributed by atoms with Gasteiger partial charge in [-0.25, -0.2) is 9.78 Å². The summed E-state index contributed by atoms with van der Waals surface area (Å²) >= 11 is 1.67. The van der Waals surface area contributed by atoms with Crippen LogP contribution in [0.4, 0.5) is 10.5 Å². The van der Waals surface area contributed by atoms with Crippen LogP contribution in [0.1, 0.15) is 12.0 Å². The van der Waals surface area contributed by atoms with Gasteiger partial charge in [0.15, 0.2) is 0 Å². The monoisotopic (exact) mass is 343 g/mol. The number of ether oxygens (including phenoxy) is 1. The number of pyridine rings is 1. The minimum Gasteiger partial charge on any atom is -0.381 e. The van der Waals surface area contributed by atoms with Gasteiger partial charge in [-0.15, -0.1) is 11.8 Å². The third kappa shape index (κ3) is 5.25. The molecule has 1 fully saturated rings. The summed E-state index contributed by atoms with van der Waals surface area (Å²) in [5.41, 5.74) is 1.95. The molecule has 1 atom stereocenters. The summed E-state index contributed by atoms with van der Waals surface area (Å²) < 4.78 is 5.31. The molecule has 0 saturated carbocycles. The minimum atomic E-state index is -0.170. The van der Waals surface area contributed by atoms with Crippen molar-refractivity contribution in [2.75, 3.05) is 25.1 Å². The lowest BCUT2D eigenvalue weighted by atomic mass is 10.1. The molecule has 24 heavy (non-hydrogen) atoms. The summed E-state index contributed by atoms with van der Waals surface area (Å²) in [6.45, 7) is 2.19. The van der Waals surface area contributed by atoms with Crippen LogP contribution in [0.25, 0.3) is 0 Å². The molecule has 5 nitrogen and oxygen atoms in total. The standard InChI is InChI=1S/C18H21N3O2S/c22-18(20-11-15-7-9-23-12-15)21-16-5-3-4-14(10-16)13-24-17-6-1-2-8-19-17/h1-6,8,10,15H,7,9,11-13H2,(H2,20,21,22). The van der Waals surface area contributed by atoms with Gasteiger partial charge in [-0.2, -0.15) is 0 Å². The SMILES string of the molecule is O=C(NCC1CCOC1)Nc1cccc(CSc2ccccn2)c1. The molecule has 0 bridgehead atoms. The first kappa shape index (κ1) is 16.8. The van der Waals surface area contributed by atoms with Crippen LogP contribution in [0, 0.1) is 5.92 Å². The van der Waals surface area contributed by atoms with Crippen LogP contribution in [-0.2, 0) is 10.5 Å². The van der Waals surface area contributed by atoms with E-state index in [1.54, 1.807) is 18.0 Å². The number of aromatic nitrogens is 1. The second-order valence-electron chi connectivity index (χ2n) is 5.72. The van der Waals surface area contributed by atoms with Gasteiger partial charge in [0.1, 0.15) is 0 Å². The maximum Gasteiger partial charge on any atom is 0.319 e. The topological polar surface area (TPSA) is 63.2 Å². The Labute approximate surface area is 146 Å². The summed E-state index contributed by atoms with van der Waals surface area (Å²) in [6, 6.07) is 13.6. The Hall–Kier alpha value is -2.05. The molecule has 1 aliphatic heterocycles. The van der Waals surface area contributed by atoms with E-state index in [4.69, 9.17) is 4.74 Å². The van der Waals surface area contributed by atoms with E-state index >= 15 is 0 Å². The molecule has 1 saturated heterocycles. The lowest BCUT2D eigenvalue weighted by Gasteiger charge is -2.11. The quantitative estimate of drug-likeness (QED) is 0.788. The minimum absolute atomic E-state index is 0.170. The van der Waals surface area contributed by atoms with Crippen LogP contribution >= 0.6 is 11.8 Å². The number of carbonyl (C=O) groups excluding carboxylic acids is 1. The van der Waals surface area contributed by atoms with Crippen LogP contribution in [0.5, 0.6) is 0 Å². The first-order valence-electron chi connectivity index (χ1n) is 8.05. The first-order chi connectivity index (χ1) is 11.8. The van der Waals surface area contributed by atoms with Crippen molar-refractivity contribution in [2.45, 2.75) is 17.2 Å². The van der Waals surface area contributed by atoms with Gasteiger partial charge in [-0.3, -0.25) is 0 Å². The van der Waals surface area contributed by atoms with E-state index < -0.39 is 0 Å².